The highest BCUT2D eigenvalue weighted by atomic mass is 16.5. The first kappa shape index (κ1) is 12.6. The van der Waals surface area contributed by atoms with Crippen LogP contribution in [0.1, 0.15) is 21.5 Å². The van der Waals surface area contributed by atoms with E-state index in [4.69, 9.17) is 4.74 Å². The quantitative estimate of drug-likeness (QED) is 0.797. The molecule has 2 aromatic rings. The van der Waals surface area contributed by atoms with Gasteiger partial charge < -0.3 is 4.74 Å². The predicted molar refractivity (Wildman–Crippen MR) is 78.3 cm³/mol. The van der Waals surface area contributed by atoms with E-state index in [1.165, 1.54) is 5.56 Å². The molecule has 0 unspecified atom stereocenters. The van der Waals surface area contributed by atoms with E-state index in [1.54, 1.807) is 12.1 Å². The Morgan fingerprint density at radius 3 is 2.80 bits per heavy atom. The average Bonchev–Trinajstić information content (AvgIpc) is 2.97. The van der Waals surface area contributed by atoms with Gasteiger partial charge in [-0.05, 0) is 24.1 Å². The van der Waals surface area contributed by atoms with Crippen molar-refractivity contribution in [3.05, 3.63) is 71.3 Å². The van der Waals surface area contributed by atoms with Gasteiger partial charge in [0.25, 0.3) is 0 Å². The van der Waals surface area contributed by atoms with Crippen LogP contribution < -0.4 is 0 Å². The predicted octanol–water partition coefficient (Wildman–Crippen LogP) is 2.89. The van der Waals surface area contributed by atoms with Crippen LogP contribution >= 0.6 is 0 Å². The van der Waals surface area contributed by atoms with Crippen LogP contribution in [0.3, 0.4) is 0 Å². The molecule has 0 fully saturated rings. The minimum absolute atomic E-state index is 0.146. The third-order valence-corrected chi connectivity index (χ3v) is 3.30. The summed E-state index contributed by atoms with van der Waals surface area (Å²) in [5.41, 5.74) is 2.76. The number of hydrogen-bond acceptors (Lipinski definition) is 3. The smallest absolute Gasteiger partial charge is 0.216 e. The highest BCUT2D eigenvalue weighted by Gasteiger charge is 2.20. The van der Waals surface area contributed by atoms with Crippen molar-refractivity contribution in [1.29, 1.82) is 0 Å². The molecule has 0 saturated carbocycles. The van der Waals surface area contributed by atoms with Gasteiger partial charge in [0.05, 0.1) is 6.04 Å². The molecule has 3 nitrogen and oxygen atoms in total. The summed E-state index contributed by atoms with van der Waals surface area (Å²) in [5.74, 6) is 0.634. The van der Waals surface area contributed by atoms with Gasteiger partial charge in [-0.25, -0.2) is 4.99 Å². The van der Waals surface area contributed by atoms with Crippen molar-refractivity contribution in [2.24, 2.45) is 4.99 Å². The molecule has 100 valence electrons. The fourth-order valence-corrected chi connectivity index (χ4v) is 2.31. The topological polar surface area (TPSA) is 38.7 Å². The number of ether oxygens (including phenoxy) is 1. The minimum Gasteiger partial charge on any atom is -0.475 e. The second-order valence-corrected chi connectivity index (χ2v) is 4.83. The Labute approximate surface area is 117 Å². The van der Waals surface area contributed by atoms with Crippen LogP contribution in [-0.4, -0.2) is 24.8 Å². The molecule has 1 aliphatic heterocycles. The Morgan fingerprint density at radius 2 is 2.00 bits per heavy atom. The van der Waals surface area contributed by atoms with Crippen molar-refractivity contribution in [3.8, 4) is 0 Å². The van der Waals surface area contributed by atoms with Gasteiger partial charge in [-0.3, -0.25) is 4.79 Å². The normalized spacial score (nSPS) is 17.4. The van der Waals surface area contributed by atoms with Crippen molar-refractivity contribution >= 4 is 12.2 Å². The summed E-state index contributed by atoms with van der Waals surface area (Å²) in [7, 11) is 0. The van der Waals surface area contributed by atoms with E-state index in [0.29, 0.717) is 18.1 Å². The number of benzene rings is 2. The molecule has 0 radical (unpaired) electrons. The van der Waals surface area contributed by atoms with E-state index < -0.39 is 0 Å². The molecular weight excluding hydrogens is 250 g/mol. The molecule has 1 heterocycles. The zero-order valence-electron chi connectivity index (χ0n) is 11.0. The summed E-state index contributed by atoms with van der Waals surface area (Å²) in [6.45, 7) is 0.593. The number of carbonyl (C=O) groups is 1. The number of hydrogen-bond donors (Lipinski definition) is 0. The fourth-order valence-electron chi connectivity index (χ4n) is 2.31. The molecule has 2 aromatic carbocycles. The maximum absolute atomic E-state index is 10.8. The van der Waals surface area contributed by atoms with E-state index in [0.717, 1.165) is 18.3 Å². The summed E-state index contributed by atoms with van der Waals surface area (Å²) in [6, 6.07) is 17.7. The third-order valence-electron chi connectivity index (χ3n) is 3.30. The van der Waals surface area contributed by atoms with Crippen LogP contribution in [0.25, 0.3) is 0 Å². The number of aliphatic imine (C=N–C) groups is 1. The Bertz CT molecular complexity index is 634. The molecule has 3 rings (SSSR count). The molecule has 3 heteroatoms. The molecule has 0 aromatic heterocycles. The Hall–Kier alpha value is -2.42. The monoisotopic (exact) mass is 265 g/mol. The molecule has 0 saturated heterocycles. The zero-order valence-corrected chi connectivity index (χ0v) is 11.0. The first-order valence-corrected chi connectivity index (χ1v) is 6.65. The van der Waals surface area contributed by atoms with E-state index in [1.807, 2.05) is 30.3 Å². The van der Waals surface area contributed by atoms with Crippen LogP contribution in [0.2, 0.25) is 0 Å². The van der Waals surface area contributed by atoms with E-state index in [-0.39, 0.29) is 6.04 Å². The summed E-state index contributed by atoms with van der Waals surface area (Å²) in [5, 5.41) is 0. The van der Waals surface area contributed by atoms with Crippen LogP contribution in [0, 0.1) is 0 Å². The van der Waals surface area contributed by atoms with Gasteiger partial charge in [-0.15, -0.1) is 0 Å². The Morgan fingerprint density at radius 1 is 1.15 bits per heavy atom. The van der Waals surface area contributed by atoms with Crippen molar-refractivity contribution in [1.82, 2.24) is 0 Å². The van der Waals surface area contributed by atoms with E-state index in [2.05, 4.69) is 17.1 Å². The minimum atomic E-state index is 0.146. The van der Waals surface area contributed by atoms with Gasteiger partial charge in [0.1, 0.15) is 12.9 Å². The molecule has 0 amide bonds. The summed E-state index contributed by atoms with van der Waals surface area (Å²) >= 11 is 0. The van der Waals surface area contributed by atoms with Crippen molar-refractivity contribution in [3.63, 3.8) is 0 Å². The fraction of sp³-hybridized carbons (Fsp3) is 0.176. The van der Waals surface area contributed by atoms with Gasteiger partial charge in [-0.1, -0.05) is 42.5 Å². The maximum atomic E-state index is 10.8. The third kappa shape index (κ3) is 2.77. The number of rotatable bonds is 4. The van der Waals surface area contributed by atoms with Crippen LogP contribution in [0.4, 0.5) is 0 Å². The molecule has 0 aliphatic carbocycles. The maximum Gasteiger partial charge on any atom is 0.216 e. The Kier molecular flexibility index (Phi) is 3.59. The first-order valence-electron chi connectivity index (χ1n) is 6.65. The number of aldehydes is 1. The second-order valence-electron chi connectivity index (χ2n) is 4.83. The Balaban J connectivity index is 1.76. The van der Waals surface area contributed by atoms with Gasteiger partial charge in [-0.2, -0.15) is 0 Å². The molecular formula is C17H15NO2. The molecule has 1 aliphatic rings. The lowest BCUT2D eigenvalue weighted by Gasteiger charge is -2.04. The summed E-state index contributed by atoms with van der Waals surface area (Å²) in [6.07, 6.45) is 1.71. The van der Waals surface area contributed by atoms with Crippen molar-refractivity contribution < 1.29 is 9.53 Å². The molecule has 0 spiro atoms. The van der Waals surface area contributed by atoms with E-state index >= 15 is 0 Å². The second kappa shape index (κ2) is 5.70. The SMILES string of the molecule is O=Cc1cccc(C2=N[C@H](Cc3ccccc3)CO2)c1. The largest absolute Gasteiger partial charge is 0.475 e. The molecule has 20 heavy (non-hydrogen) atoms. The van der Waals surface area contributed by atoms with Gasteiger partial charge in [0, 0.05) is 11.1 Å². The van der Waals surface area contributed by atoms with E-state index in [9.17, 15) is 4.79 Å². The van der Waals surface area contributed by atoms with Gasteiger partial charge >= 0.3 is 0 Å². The van der Waals surface area contributed by atoms with Crippen LogP contribution in [0.5, 0.6) is 0 Å². The zero-order chi connectivity index (χ0) is 13.8. The van der Waals surface area contributed by atoms with Crippen LogP contribution in [-0.2, 0) is 11.2 Å². The molecule has 1 atom stereocenters. The van der Waals surface area contributed by atoms with Crippen molar-refractivity contribution in [2.75, 3.05) is 6.61 Å². The lowest BCUT2D eigenvalue weighted by Crippen LogP contribution is -2.09. The number of nitrogens with zero attached hydrogens (tertiary/aromatic N) is 1. The van der Waals surface area contributed by atoms with Gasteiger partial charge in [0.15, 0.2) is 0 Å². The molecule has 0 N–H and O–H groups in total. The van der Waals surface area contributed by atoms with Gasteiger partial charge in [0.2, 0.25) is 5.90 Å². The highest BCUT2D eigenvalue weighted by molar-refractivity contribution is 5.96. The highest BCUT2D eigenvalue weighted by Crippen LogP contribution is 2.16. The lowest BCUT2D eigenvalue weighted by molar-refractivity contribution is 0.112. The number of carbonyl (C=O) groups excluding carboxylic acids is 1. The molecule has 0 bridgehead atoms. The summed E-state index contributed by atoms with van der Waals surface area (Å²) < 4.78 is 5.66. The standard InChI is InChI=1S/C17H15NO2/c19-11-14-7-4-8-15(9-14)17-18-16(12-20-17)10-13-5-2-1-3-6-13/h1-9,11,16H,10,12H2/t16-/m1/s1. The first-order chi connectivity index (χ1) is 9.85. The lowest BCUT2D eigenvalue weighted by atomic mass is 10.1. The van der Waals surface area contributed by atoms with Crippen molar-refractivity contribution in [2.45, 2.75) is 12.5 Å². The summed E-state index contributed by atoms with van der Waals surface area (Å²) in [4.78, 5) is 15.4. The van der Waals surface area contributed by atoms with Crippen LogP contribution in [0.15, 0.2) is 59.6 Å². The average molecular weight is 265 g/mol.